The molecule has 23 heavy (non-hydrogen) atoms. The summed E-state index contributed by atoms with van der Waals surface area (Å²) >= 11 is 0. The monoisotopic (exact) mass is 324 g/mol. The lowest BCUT2D eigenvalue weighted by Gasteiger charge is -2.26. The number of ether oxygens (including phenoxy) is 1. The SMILES string of the molecule is CCNC(=NCCN(CC)C(=O)OC(C)(C)C)NC1CC=CC1. The molecule has 0 radical (unpaired) electrons. The van der Waals surface area contributed by atoms with Gasteiger partial charge in [-0.3, -0.25) is 4.99 Å². The highest BCUT2D eigenvalue weighted by atomic mass is 16.6. The molecule has 0 unspecified atom stereocenters. The molecule has 0 atom stereocenters. The van der Waals surface area contributed by atoms with Crippen molar-refractivity contribution >= 4 is 12.1 Å². The number of hydrogen-bond donors (Lipinski definition) is 2. The number of hydrogen-bond acceptors (Lipinski definition) is 3. The van der Waals surface area contributed by atoms with E-state index < -0.39 is 5.60 Å². The summed E-state index contributed by atoms with van der Waals surface area (Å²) in [5, 5.41) is 6.66. The van der Waals surface area contributed by atoms with Gasteiger partial charge in [0.2, 0.25) is 0 Å². The molecule has 1 rings (SSSR count). The van der Waals surface area contributed by atoms with E-state index in [1.807, 2.05) is 34.6 Å². The molecule has 0 saturated carbocycles. The number of guanidine groups is 1. The van der Waals surface area contributed by atoms with Crippen LogP contribution >= 0.6 is 0 Å². The molecule has 0 saturated heterocycles. The van der Waals surface area contributed by atoms with Gasteiger partial charge in [0.15, 0.2) is 5.96 Å². The molecule has 0 heterocycles. The van der Waals surface area contributed by atoms with Gasteiger partial charge in [-0.2, -0.15) is 0 Å². The van der Waals surface area contributed by atoms with Crippen LogP contribution in [0.5, 0.6) is 0 Å². The summed E-state index contributed by atoms with van der Waals surface area (Å²) in [5.74, 6) is 0.807. The van der Waals surface area contributed by atoms with E-state index in [1.165, 1.54) is 0 Å². The summed E-state index contributed by atoms with van der Waals surface area (Å²) in [5.41, 5.74) is -0.472. The second-order valence-corrected chi connectivity index (χ2v) is 6.60. The number of aliphatic imine (C=N–C) groups is 1. The van der Waals surface area contributed by atoms with Crippen LogP contribution in [-0.2, 0) is 4.74 Å². The van der Waals surface area contributed by atoms with Gasteiger partial charge in [-0.05, 0) is 47.5 Å². The lowest BCUT2D eigenvalue weighted by Crippen LogP contribution is -2.43. The summed E-state index contributed by atoms with van der Waals surface area (Å²) in [6, 6.07) is 0.418. The number of nitrogens with one attached hydrogen (secondary N) is 2. The second-order valence-electron chi connectivity index (χ2n) is 6.60. The first-order valence-corrected chi connectivity index (χ1v) is 8.53. The number of nitrogens with zero attached hydrogens (tertiary/aromatic N) is 2. The fourth-order valence-electron chi connectivity index (χ4n) is 2.24. The van der Waals surface area contributed by atoms with E-state index in [9.17, 15) is 4.79 Å². The van der Waals surface area contributed by atoms with Crippen LogP contribution in [0, 0.1) is 0 Å². The van der Waals surface area contributed by atoms with E-state index in [0.29, 0.717) is 25.7 Å². The van der Waals surface area contributed by atoms with Crippen LogP contribution in [0.2, 0.25) is 0 Å². The largest absolute Gasteiger partial charge is 0.444 e. The minimum Gasteiger partial charge on any atom is -0.444 e. The summed E-state index contributed by atoms with van der Waals surface area (Å²) in [4.78, 5) is 18.3. The van der Waals surface area contributed by atoms with Crippen molar-refractivity contribution < 1.29 is 9.53 Å². The zero-order valence-corrected chi connectivity index (χ0v) is 15.2. The van der Waals surface area contributed by atoms with Gasteiger partial charge >= 0.3 is 6.09 Å². The molecule has 0 spiro atoms. The number of carbonyl (C=O) groups excluding carboxylic acids is 1. The van der Waals surface area contributed by atoms with Crippen LogP contribution < -0.4 is 10.6 Å². The molecule has 0 aromatic heterocycles. The van der Waals surface area contributed by atoms with Gasteiger partial charge in [0, 0.05) is 25.7 Å². The highest BCUT2D eigenvalue weighted by Crippen LogP contribution is 2.10. The average molecular weight is 324 g/mol. The predicted octanol–water partition coefficient (Wildman–Crippen LogP) is 2.52. The summed E-state index contributed by atoms with van der Waals surface area (Å²) in [7, 11) is 0. The molecule has 132 valence electrons. The minimum absolute atomic E-state index is 0.284. The average Bonchev–Trinajstić information content (AvgIpc) is 2.94. The molecule has 1 aliphatic rings. The predicted molar refractivity (Wildman–Crippen MR) is 94.8 cm³/mol. The Morgan fingerprint density at radius 2 is 1.96 bits per heavy atom. The summed E-state index contributed by atoms with van der Waals surface area (Å²) in [6.45, 7) is 12.1. The van der Waals surface area contributed by atoms with Crippen molar-refractivity contribution in [2.45, 2.75) is 59.1 Å². The Morgan fingerprint density at radius 1 is 1.30 bits per heavy atom. The van der Waals surface area contributed by atoms with Gasteiger partial charge in [0.25, 0.3) is 0 Å². The van der Waals surface area contributed by atoms with Crippen molar-refractivity contribution in [2.24, 2.45) is 4.99 Å². The molecule has 1 aliphatic carbocycles. The Labute approximate surface area is 140 Å². The highest BCUT2D eigenvalue weighted by molar-refractivity contribution is 5.80. The Kier molecular flexibility index (Phi) is 7.92. The fourth-order valence-corrected chi connectivity index (χ4v) is 2.24. The van der Waals surface area contributed by atoms with E-state index >= 15 is 0 Å². The number of likely N-dealkylation sites (N-methyl/N-ethyl adjacent to an activating group) is 1. The van der Waals surface area contributed by atoms with E-state index in [-0.39, 0.29) is 6.09 Å². The molecular formula is C17H32N4O2. The van der Waals surface area contributed by atoms with Crippen LogP contribution in [0.25, 0.3) is 0 Å². The smallest absolute Gasteiger partial charge is 0.410 e. The molecule has 0 aromatic carbocycles. The number of rotatable bonds is 6. The van der Waals surface area contributed by atoms with Crippen molar-refractivity contribution in [3.63, 3.8) is 0 Å². The van der Waals surface area contributed by atoms with E-state index in [2.05, 4.69) is 27.8 Å². The third-order valence-electron chi connectivity index (χ3n) is 3.37. The third kappa shape index (κ3) is 7.90. The molecule has 0 bridgehead atoms. The molecule has 1 amide bonds. The van der Waals surface area contributed by atoms with Gasteiger partial charge in [-0.1, -0.05) is 12.2 Å². The maximum atomic E-state index is 12.1. The van der Waals surface area contributed by atoms with Crippen LogP contribution in [0.4, 0.5) is 4.79 Å². The first-order chi connectivity index (χ1) is 10.9. The summed E-state index contributed by atoms with van der Waals surface area (Å²) in [6.07, 6.45) is 6.14. The van der Waals surface area contributed by atoms with Crippen molar-refractivity contribution in [1.29, 1.82) is 0 Å². The zero-order valence-electron chi connectivity index (χ0n) is 15.2. The Balaban J connectivity index is 2.48. The highest BCUT2D eigenvalue weighted by Gasteiger charge is 2.20. The normalized spacial score (nSPS) is 15.6. The van der Waals surface area contributed by atoms with Crippen molar-refractivity contribution in [2.75, 3.05) is 26.2 Å². The number of amides is 1. The van der Waals surface area contributed by atoms with Crippen LogP contribution in [0.1, 0.15) is 47.5 Å². The molecule has 0 aliphatic heterocycles. The first kappa shape index (κ1) is 19.3. The lowest BCUT2D eigenvalue weighted by atomic mass is 10.2. The number of carbonyl (C=O) groups is 1. The lowest BCUT2D eigenvalue weighted by molar-refractivity contribution is 0.0266. The van der Waals surface area contributed by atoms with Crippen LogP contribution in [0.3, 0.4) is 0 Å². The van der Waals surface area contributed by atoms with Gasteiger partial charge < -0.3 is 20.3 Å². The van der Waals surface area contributed by atoms with Gasteiger partial charge in [-0.25, -0.2) is 4.79 Å². The van der Waals surface area contributed by atoms with E-state index in [4.69, 9.17) is 4.74 Å². The standard InChI is InChI=1S/C17H32N4O2/c1-6-18-15(20-14-10-8-9-11-14)19-12-13-21(7-2)16(22)23-17(3,4)5/h8-9,14H,6-7,10-13H2,1-5H3,(H2,18,19,20). The van der Waals surface area contributed by atoms with Crippen molar-refractivity contribution in [1.82, 2.24) is 15.5 Å². The fraction of sp³-hybridized carbons (Fsp3) is 0.765. The zero-order chi connectivity index (χ0) is 17.3. The molecule has 0 fully saturated rings. The van der Waals surface area contributed by atoms with Crippen LogP contribution in [-0.4, -0.2) is 54.8 Å². The Morgan fingerprint density at radius 3 is 2.48 bits per heavy atom. The quantitative estimate of drug-likeness (QED) is 0.448. The van der Waals surface area contributed by atoms with Crippen LogP contribution in [0.15, 0.2) is 17.1 Å². The third-order valence-corrected chi connectivity index (χ3v) is 3.37. The topological polar surface area (TPSA) is 66.0 Å². The molecule has 0 aromatic rings. The van der Waals surface area contributed by atoms with Gasteiger partial charge in [0.1, 0.15) is 5.60 Å². The maximum absolute atomic E-state index is 12.1. The van der Waals surface area contributed by atoms with Gasteiger partial charge in [0.05, 0.1) is 6.54 Å². The Hall–Kier alpha value is -1.72. The van der Waals surface area contributed by atoms with Crippen molar-refractivity contribution in [3.05, 3.63) is 12.2 Å². The van der Waals surface area contributed by atoms with E-state index in [0.717, 1.165) is 25.3 Å². The molecule has 6 heteroatoms. The van der Waals surface area contributed by atoms with E-state index in [1.54, 1.807) is 4.90 Å². The molecule has 6 nitrogen and oxygen atoms in total. The second kappa shape index (κ2) is 9.43. The minimum atomic E-state index is -0.472. The molecular weight excluding hydrogens is 292 g/mol. The molecule has 2 N–H and O–H groups in total. The van der Waals surface area contributed by atoms with Crippen molar-refractivity contribution in [3.8, 4) is 0 Å². The Bertz CT molecular complexity index is 419. The van der Waals surface area contributed by atoms with Gasteiger partial charge in [-0.15, -0.1) is 0 Å². The summed E-state index contributed by atoms with van der Waals surface area (Å²) < 4.78 is 5.40. The first-order valence-electron chi connectivity index (χ1n) is 8.53. The maximum Gasteiger partial charge on any atom is 0.410 e.